The van der Waals surface area contributed by atoms with Gasteiger partial charge in [-0.25, -0.2) is 24.1 Å². The van der Waals surface area contributed by atoms with Crippen molar-refractivity contribution in [1.29, 1.82) is 0 Å². The van der Waals surface area contributed by atoms with E-state index in [-0.39, 0.29) is 23.9 Å². The number of hydrogen-bond donors (Lipinski definition) is 2. The number of nitrogens with one attached hydrogen (secondary N) is 2. The van der Waals surface area contributed by atoms with E-state index in [1.54, 1.807) is 61.8 Å². The minimum Gasteiger partial charge on any atom is -0.471 e. The Morgan fingerprint density at radius 2 is 1.36 bits per heavy atom. The number of hydrogen-bond acceptors (Lipinski definition) is 9. The van der Waals surface area contributed by atoms with Crippen LogP contribution in [0.15, 0.2) is 218 Å². The third-order valence-corrected chi connectivity index (χ3v) is 9.98. The zero-order valence-electron chi connectivity index (χ0n) is 41.9. The number of rotatable bonds is 14. The number of aryl methyl sites for hydroxylation is 1. The molecule has 0 aliphatic carbocycles. The Bertz CT molecular complexity index is 3010. The molecule has 4 heterocycles. The van der Waals surface area contributed by atoms with Gasteiger partial charge in [0.2, 0.25) is 5.88 Å². The van der Waals surface area contributed by atoms with E-state index in [2.05, 4.69) is 27.2 Å². The monoisotopic (exact) mass is 966 g/mol. The number of benzene rings is 4. The van der Waals surface area contributed by atoms with Crippen molar-refractivity contribution in [3.63, 3.8) is 0 Å². The first-order valence-electron chi connectivity index (χ1n) is 23.6. The molecule has 0 spiro atoms. The van der Waals surface area contributed by atoms with Gasteiger partial charge in [-0.1, -0.05) is 119 Å². The molecule has 0 bridgehead atoms. The first-order valence-corrected chi connectivity index (χ1v) is 23.6. The number of aromatic nitrogens is 4. The Morgan fingerprint density at radius 1 is 0.764 bits per heavy atom. The molecule has 2 N–H and O–H groups in total. The highest BCUT2D eigenvalue weighted by Gasteiger charge is 2.20. The number of urea groups is 1. The van der Waals surface area contributed by atoms with Gasteiger partial charge in [0, 0.05) is 67.5 Å². The topological polar surface area (TPSA) is 135 Å². The predicted octanol–water partition coefficient (Wildman–Crippen LogP) is 13.9. The molecule has 72 heavy (non-hydrogen) atoms. The average Bonchev–Trinajstić information content (AvgIpc) is 3.44. The molecule has 4 aromatic heterocycles. The van der Waals surface area contributed by atoms with Gasteiger partial charge >= 0.3 is 6.03 Å². The molecule has 13 heteroatoms. The van der Waals surface area contributed by atoms with Crippen molar-refractivity contribution in [2.45, 2.75) is 48.1 Å². The van der Waals surface area contributed by atoms with Crippen molar-refractivity contribution in [2.75, 3.05) is 28.7 Å². The highest BCUT2D eigenvalue weighted by Crippen LogP contribution is 2.28. The van der Waals surface area contributed by atoms with Crippen LogP contribution in [0, 0.1) is 6.92 Å². The Morgan fingerprint density at radius 3 is 1.96 bits per heavy atom. The molecule has 0 aliphatic rings. The van der Waals surface area contributed by atoms with E-state index in [1.165, 1.54) is 23.3 Å². The molecule has 4 aromatic carbocycles. The van der Waals surface area contributed by atoms with Gasteiger partial charge in [-0.3, -0.25) is 19.1 Å². The number of pyridine rings is 4. The largest absolute Gasteiger partial charge is 0.471 e. The van der Waals surface area contributed by atoms with Gasteiger partial charge in [0.05, 0.1) is 28.7 Å². The van der Waals surface area contributed by atoms with Crippen molar-refractivity contribution in [3.05, 3.63) is 241 Å². The van der Waals surface area contributed by atoms with Crippen LogP contribution < -0.4 is 30.6 Å². The molecule has 12 nitrogen and oxygen atoms in total. The van der Waals surface area contributed by atoms with Crippen molar-refractivity contribution in [2.24, 2.45) is 0 Å². The van der Waals surface area contributed by atoms with Gasteiger partial charge in [0.15, 0.2) is 11.2 Å². The number of para-hydroxylation sites is 4. The normalized spacial score (nSPS) is 10.2. The van der Waals surface area contributed by atoms with Crippen LogP contribution in [-0.4, -0.2) is 44.9 Å². The van der Waals surface area contributed by atoms with Crippen LogP contribution in [0.4, 0.5) is 37.9 Å². The predicted molar refractivity (Wildman–Crippen MR) is 294 cm³/mol. The standard InChI is InChI=1S/C26H20N4O2.C26H26N4O2.C3H5F.2C2H6/c31-23-17-24(28-19-9-3-1-4-10-19)30(21-11-5-2-6-12-21)26-22(23)15-14-20(29-26)18-32-25-13-7-8-16-27-25;1-4-17-28-26(32)30(22-13-9-6-10-14-22)19-16-23(31)24-20(2)15-18-27-25(24)29(3)21-11-7-5-8-12-21;1-2-3-4;2*1-2/h1-17,28H,18H2;4-16,18-19H,1,17H2,2-3H3,(H,28,32);2-3H,1H3;2*1-2H3/b;19-16+;3-2+;;. The SMILES string of the molecule is C/C=C/F.C=CCNC(=O)N(/C=C/C(=O)c1c(C)ccnc1N(C)c1ccccc1)c1ccccc1.CC.CC.O=c1cc(Nc2ccccc2)n(-c2ccccc2)c2nc(COc3ccccn3)ccc12. The van der Waals surface area contributed by atoms with E-state index in [0.717, 1.165) is 22.6 Å². The molecule has 0 unspecified atom stereocenters. The second kappa shape index (κ2) is 30.5. The fourth-order valence-corrected chi connectivity index (χ4v) is 6.70. The third kappa shape index (κ3) is 16.1. The summed E-state index contributed by atoms with van der Waals surface area (Å²) in [6.07, 6.45) is 9.67. The molecule has 0 radical (unpaired) electrons. The molecule has 8 rings (SSSR count). The summed E-state index contributed by atoms with van der Waals surface area (Å²) in [4.78, 5) is 55.6. The van der Waals surface area contributed by atoms with Gasteiger partial charge in [-0.15, -0.1) is 6.58 Å². The quantitative estimate of drug-likeness (QED) is 0.0620. The number of halogens is 1. The van der Waals surface area contributed by atoms with Crippen LogP contribution >= 0.6 is 0 Å². The van der Waals surface area contributed by atoms with Gasteiger partial charge in [0.1, 0.15) is 23.9 Å². The van der Waals surface area contributed by atoms with Gasteiger partial charge in [-0.05, 0) is 92.2 Å². The van der Waals surface area contributed by atoms with Crippen molar-refractivity contribution < 1.29 is 18.7 Å². The Balaban J connectivity index is 0.000000273. The fraction of sp³-hybridized carbons (Fsp3) is 0.153. The fourth-order valence-electron chi connectivity index (χ4n) is 6.70. The number of carbonyl (C=O) groups excluding carboxylic acids is 2. The van der Waals surface area contributed by atoms with Crippen LogP contribution in [0.2, 0.25) is 0 Å². The highest BCUT2D eigenvalue weighted by atomic mass is 19.1. The lowest BCUT2D eigenvalue weighted by Gasteiger charge is -2.22. The maximum Gasteiger partial charge on any atom is 0.326 e. The minimum absolute atomic E-state index is 0.102. The lowest BCUT2D eigenvalue weighted by molar-refractivity contribution is 0.104. The lowest BCUT2D eigenvalue weighted by Crippen LogP contribution is -2.36. The molecule has 0 fully saturated rings. The lowest BCUT2D eigenvalue weighted by atomic mass is 10.1. The molecule has 8 aromatic rings. The van der Waals surface area contributed by atoms with Crippen molar-refractivity contribution in [3.8, 4) is 11.6 Å². The molecule has 0 saturated heterocycles. The number of nitrogens with zero attached hydrogens (tertiary/aromatic N) is 6. The summed E-state index contributed by atoms with van der Waals surface area (Å²) in [7, 11) is 1.87. The first kappa shape index (κ1) is 55.6. The molecule has 370 valence electrons. The van der Waals surface area contributed by atoms with Crippen LogP contribution in [0.1, 0.15) is 56.2 Å². The van der Waals surface area contributed by atoms with E-state index < -0.39 is 0 Å². The second-order valence-electron chi connectivity index (χ2n) is 14.7. The Hall–Kier alpha value is -8.97. The van der Waals surface area contributed by atoms with Crippen LogP contribution in [0.3, 0.4) is 0 Å². The summed E-state index contributed by atoms with van der Waals surface area (Å²) >= 11 is 0. The summed E-state index contributed by atoms with van der Waals surface area (Å²) < 4.78 is 18.3. The van der Waals surface area contributed by atoms with Gasteiger partial charge in [0.25, 0.3) is 0 Å². The Kier molecular flexibility index (Phi) is 23.6. The maximum absolute atomic E-state index is 13.3. The summed E-state index contributed by atoms with van der Waals surface area (Å²) in [5.74, 6) is 1.46. The summed E-state index contributed by atoms with van der Waals surface area (Å²) in [6.45, 7) is 15.7. The van der Waals surface area contributed by atoms with Gasteiger partial charge < -0.3 is 20.3 Å². The number of fused-ring (bicyclic) bond motifs is 1. The summed E-state index contributed by atoms with van der Waals surface area (Å²) in [6, 6.07) is 50.6. The minimum atomic E-state index is -0.357. The molecule has 0 saturated carbocycles. The van der Waals surface area contributed by atoms with Crippen molar-refractivity contribution in [1.82, 2.24) is 24.8 Å². The van der Waals surface area contributed by atoms with Crippen molar-refractivity contribution >= 4 is 51.5 Å². The number of ketones is 1. The van der Waals surface area contributed by atoms with E-state index in [0.29, 0.717) is 58.4 Å². The highest BCUT2D eigenvalue weighted by molar-refractivity contribution is 6.10. The number of ether oxygens (including phenoxy) is 1. The first-order chi connectivity index (χ1) is 35.2. The molecule has 0 aliphatic heterocycles. The Labute approximate surface area is 422 Å². The zero-order valence-corrected chi connectivity index (χ0v) is 41.9. The number of amides is 2. The molecule has 2 amide bonds. The second-order valence-corrected chi connectivity index (χ2v) is 14.7. The summed E-state index contributed by atoms with van der Waals surface area (Å²) in [5, 5.41) is 6.64. The van der Waals surface area contributed by atoms with E-state index in [1.807, 2.05) is 179 Å². The molecule has 0 atom stereocenters. The van der Waals surface area contributed by atoms with E-state index in [9.17, 15) is 18.8 Å². The van der Waals surface area contributed by atoms with E-state index in [4.69, 9.17) is 9.72 Å². The molecular weight excluding hydrogens is 904 g/mol. The number of anilines is 5. The smallest absolute Gasteiger partial charge is 0.326 e. The zero-order chi connectivity index (χ0) is 52.1. The third-order valence-electron chi connectivity index (χ3n) is 9.98. The average molecular weight is 967 g/mol. The summed E-state index contributed by atoms with van der Waals surface area (Å²) in [5.41, 5.74) is 5.77. The molecular formula is C59H63FN8O4. The maximum atomic E-state index is 13.3. The number of carbonyl (C=O) groups is 2. The number of allylic oxidation sites excluding steroid dienone is 2. The van der Waals surface area contributed by atoms with Gasteiger partial charge in [-0.2, -0.15) is 0 Å². The van der Waals surface area contributed by atoms with Crippen LogP contribution in [0.25, 0.3) is 16.7 Å². The van der Waals surface area contributed by atoms with Crippen LogP contribution in [0.5, 0.6) is 5.88 Å². The van der Waals surface area contributed by atoms with E-state index >= 15 is 0 Å². The van der Waals surface area contributed by atoms with Crippen LogP contribution in [-0.2, 0) is 6.61 Å².